The third-order valence-corrected chi connectivity index (χ3v) is 5.49. The van der Waals surface area contributed by atoms with Gasteiger partial charge >= 0.3 is 0 Å². The topological polar surface area (TPSA) is 18.5 Å². The lowest BCUT2D eigenvalue weighted by Crippen LogP contribution is -2.32. The van der Waals surface area contributed by atoms with Crippen LogP contribution in [-0.4, -0.2) is 31.8 Å². The van der Waals surface area contributed by atoms with Crippen LogP contribution in [0.25, 0.3) is 0 Å². The van der Waals surface area contributed by atoms with Gasteiger partial charge in [0.25, 0.3) is 0 Å². The SMILES string of the molecule is BrCC1(COCC2CCOCC2)CCCCC1. The molecule has 2 fully saturated rings. The number of hydrogen-bond donors (Lipinski definition) is 0. The summed E-state index contributed by atoms with van der Waals surface area (Å²) in [6, 6.07) is 0. The normalized spacial score (nSPS) is 25.9. The van der Waals surface area contributed by atoms with Gasteiger partial charge in [-0.15, -0.1) is 0 Å². The Hall–Kier alpha value is 0.400. The third kappa shape index (κ3) is 4.22. The van der Waals surface area contributed by atoms with Crippen molar-refractivity contribution in [1.82, 2.24) is 0 Å². The Morgan fingerprint density at radius 1 is 1.12 bits per heavy atom. The van der Waals surface area contributed by atoms with E-state index in [4.69, 9.17) is 9.47 Å². The Bertz CT molecular complexity index is 208. The van der Waals surface area contributed by atoms with Crippen molar-refractivity contribution in [2.75, 3.05) is 31.8 Å². The van der Waals surface area contributed by atoms with Gasteiger partial charge in [-0.1, -0.05) is 35.2 Å². The van der Waals surface area contributed by atoms with Gasteiger partial charge in [0, 0.05) is 30.6 Å². The fourth-order valence-corrected chi connectivity index (χ4v) is 3.70. The number of alkyl halides is 1. The maximum atomic E-state index is 6.02. The maximum absolute atomic E-state index is 6.02. The summed E-state index contributed by atoms with van der Waals surface area (Å²) in [5.74, 6) is 0.736. The van der Waals surface area contributed by atoms with Crippen LogP contribution in [0.5, 0.6) is 0 Å². The molecule has 0 unspecified atom stereocenters. The van der Waals surface area contributed by atoms with Gasteiger partial charge in [-0.05, 0) is 31.6 Å². The van der Waals surface area contributed by atoms with Crippen LogP contribution in [0.4, 0.5) is 0 Å². The Kier molecular flexibility index (Phi) is 5.78. The van der Waals surface area contributed by atoms with Gasteiger partial charge < -0.3 is 9.47 Å². The minimum atomic E-state index is 0.434. The Balaban J connectivity index is 1.68. The second-order valence-corrected chi connectivity index (χ2v) is 6.33. The lowest BCUT2D eigenvalue weighted by Gasteiger charge is -2.36. The lowest BCUT2D eigenvalue weighted by molar-refractivity contribution is -0.0128. The van der Waals surface area contributed by atoms with Crippen LogP contribution in [0.2, 0.25) is 0 Å². The summed E-state index contributed by atoms with van der Waals surface area (Å²) < 4.78 is 11.4. The zero-order chi connectivity index (χ0) is 12.0. The molecular formula is C14H25BrO2. The van der Waals surface area contributed by atoms with E-state index in [1.54, 1.807) is 0 Å². The second-order valence-electron chi connectivity index (χ2n) is 5.77. The van der Waals surface area contributed by atoms with Crippen molar-refractivity contribution >= 4 is 15.9 Å². The maximum Gasteiger partial charge on any atom is 0.0530 e. The third-order valence-electron chi connectivity index (χ3n) is 4.30. The molecule has 2 aliphatic rings. The summed E-state index contributed by atoms with van der Waals surface area (Å²) in [7, 11) is 0. The highest BCUT2D eigenvalue weighted by molar-refractivity contribution is 9.09. The smallest absolute Gasteiger partial charge is 0.0530 e. The molecule has 2 rings (SSSR count). The predicted molar refractivity (Wildman–Crippen MR) is 73.7 cm³/mol. The first-order valence-corrected chi connectivity index (χ1v) is 8.18. The molecule has 0 radical (unpaired) electrons. The summed E-state index contributed by atoms with van der Waals surface area (Å²) in [5, 5.41) is 1.10. The lowest BCUT2D eigenvalue weighted by atomic mass is 9.76. The highest BCUT2D eigenvalue weighted by atomic mass is 79.9. The molecule has 17 heavy (non-hydrogen) atoms. The van der Waals surface area contributed by atoms with E-state index in [9.17, 15) is 0 Å². The summed E-state index contributed by atoms with van der Waals surface area (Å²) in [5.41, 5.74) is 0.434. The molecule has 1 heterocycles. The number of rotatable bonds is 5. The van der Waals surface area contributed by atoms with E-state index in [-0.39, 0.29) is 0 Å². The van der Waals surface area contributed by atoms with Crippen LogP contribution in [0.1, 0.15) is 44.9 Å². The fourth-order valence-electron chi connectivity index (χ4n) is 2.97. The van der Waals surface area contributed by atoms with Crippen LogP contribution < -0.4 is 0 Å². The minimum absolute atomic E-state index is 0.434. The van der Waals surface area contributed by atoms with Gasteiger partial charge in [0.15, 0.2) is 0 Å². The molecular weight excluding hydrogens is 280 g/mol. The molecule has 3 heteroatoms. The second kappa shape index (κ2) is 7.10. The van der Waals surface area contributed by atoms with E-state index in [0.717, 1.165) is 37.7 Å². The van der Waals surface area contributed by atoms with Crippen LogP contribution in [0.3, 0.4) is 0 Å². The molecule has 0 aromatic heterocycles. The van der Waals surface area contributed by atoms with E-state index in [1.807, 2.05) is 0 Å². The highest BCUT2D eigenvalue weighted by Crippen LogP contribution is 2.38. The van der Waals surface area contributed by atoms with Gasteiger partial charge in [-0.2, -0.15) is 0 Å². The van der Waals surface area contributed by atoms with Crippen LogP contribution >= 0.6 is 15.9 Å². The van der Waals surface area contributed by atoms with Gasteiger partial charge in [0.05, 0.1) is 6.61 Å². The minimum Gasteiger partial charge on any atom is -0.381 e. The molecule has 0 amide bonds. The Morgan fingerprint density at radius 3 is 2.47 bits per heavy atom. The zero-order valence-electron chi connectivity index (χ0n) is 10.8. The first-order valence-electron chi connectivity index (χ1n) is 7.06. The molecule has 0 bridgehead atoms. The van der Waals surface area contributed by atoms with Gasteiger partial charge in [0.1, 0.15) is 0 Å². The first kappa shape index (κ1) is 13.8. The fraction of sp³-hybridized carbons (Fsp3) is 1.00. The van der Waals surface area contributed by atoms with Crippen molar-refractivity contribution < 1.29 is 9.47 Å². The summed E-state index contributed by atoms with van der Waals surface area (Å²) in [6.45, 7) is 3.75. The van der Waals surface area contributed by atoms with Crippen LogP contribution in [0.15, 0.2) is 0 Å². The molecule has 0 atom stereocenters. The molecule has 1 aliphatic heterocycles. The molecule has 2 nitrogen and oxygen atoms in total. The zero-order valence-corrected chi connectivity index (χ0v) is 12.3. The molecule has 1 aliphatic carbocycles. The van der Waals surface area contributed by atoms with Crippen molar-refractivity contribution in [2.24, 2.45) is 11.3 Å². The van der Waals surface area contributed by atoms with Crippen molar-refractivity contribution in [2.45, 2.75) is 44.9 Å². The summed E-state index contributed by atoms with van der Waals surface area (Å²) in [6.07, 6.45) is 9.22. The molecule has 1 saturated carbocycles. The van der Waals surface area contributed by atoms with Gasteiger partial charge in [-0.3, -0.25) is 0 Å². The van der Waals surface area contributed by atoms with E-state index < -0.39 is 0 Å². The van der Waals surface area contributed by atoms with Crippen molar-refractivity contribution in [1.29, 1.82) is 0 Å². The average Bonchev–Trinajstić information content (AvgIpc) is 2.41. The van der Waals surface area contributed by atoms with E-state index in [2.05, 4.69) is 15.9 Å². The Labute approximate surface area is 114 Å². The highest BCUT2D eigenvalue weighted by Gasteiger charge is 2.31. The molecule has 100 valence electrons. The van der Waals surface area contributed by atoms with Gasteiger partial charge in [-0.25, -0.2) is 0 Å². The van der Waals surface area contributed by atoms with E-state index in [0.29, 0.717) is 5.41 Å². The summed E-state index contributed by atoms with van der Waals surface area (Å²) in [4.78, 5) is 0. The molecule has 0 aromatic rings. The summed E-state index contributed by atoms with van der Waals surface area (Å²) >= 11 is 3.69. The first-order chi connectivity index (χ1) is 8.35. The van der Waals surface area contributed by atoms with Crippen LogP contribution in [-0.2, 0) is 9.47 Å². The van der Waals surface area contributed by atoms with E-state index >= 15 is 0 Å². The molecule has 0 spiro atoms. The van der Waals surface area contributed by atoms with Crippen molar-refractivity contribution in [3.8, 4) is 0 Å². The average molecular weight is 305 g/mol. The molecule has 1 saturated heterocycles. The van der Waals surface area contributed by atoms with Crippen molar-refractivity contribution in [3.63, 3.8) is 0 Å². The van der Waals surface area contributed by atoms with Gasteiger partial charge in [0.2, 0.25) is 0 Å². The standard InChI is InChI=1S/C14H25BrO2/c15-11-14(6-2-1-3-7-14)12-17-10-13-4-8-16-9-5-13/h13H,1-12H2. The number of hydrogen-bond acceptors (Lipinski definition) is 2. The van der Waals surface area contributed by atoms with Crippen LogP contribution in [0, 0.1) is 11.3 Å². The number of halogens is 1. The monoisotopic (exact) mass is 304 g/mol. The van der Waals surface area contributed by atoms with Crippen molar-refractivity contribution in [3.05, 3.63) is 0 Å². The predicted octanol–water partition coefficient (Wildman–Crippen LogP) is 3.78. The van der Waals surface area contributed by atoms with E-state index in [1.165, 1.54) is 44.9 Å². The largest absolute Gasteiger partial charge is 0.381 e. The number of ether oxygens (including phenoxy) is 2. The Morgan fingerprint density at radius 2 is 1.82 bits per heavy atom. The molecule has 0 aromatic carbocycles. The quantitative estimate of drug-likeness (QED) is 0.720. The molecule has 0 N–H and O–H groups in total.